The summed E-state index contributed by atoms with van der Waals surface area (Å²) in [6.07, 6.45) is 0. The maximum Gasteiger partial charge on any atom is 0.159 e. The standard InChI is InChI=1S/C13H20F2N2/c1-4-17(13(2,3)9-16)8-10-5-6-11(14)12(15)7-10/h5-7H,4,8-9,16H2,1-3H3. The summed E-state index contributed by atoms with van der Waals surface area (Å²) in [6, 6.07) is 4.01. The van der Waals surface area contributed by atoms with E-state index in [0.717, 1.165) is 18.2 Å². The minimum atomic E-state index is -0.810. The van der Waals surface area contributed by atoms with E-state index in [-0.39, 0.29) is 5.54 Å². The van der Waals surface area contributed by atoms with Crippen molar-refractivity contribution in [1.82, 2.24) is 4.90 Å². The zero-order chi connectivity index (χ0) is 13.1. The van der Waals surface area contributed by atoms with Crippen molar-refractivity contribution in [3.8, 4) is 0 Å². The third kappa shape index (κ3) is 3.48. The van der Waals surface area contributed by atoms with Gasteiger partial charge in [0.25, 0.3) is 0 Å². The van der Waals surface area contributed by atoms with Gasteiger partial charge in [0.1, 0.15) is 0 Å². The number of hydrogen-bond donors (Lipinski definition) is 1. The highest BCUT2D eigenvalue weighted by atomic mass is 19.2. The Bertz CT molecular complexity index is 378. The van der Waals surface area contributed by atoms with Gasteiger partial charge in [-0.25, -0.2) is 8.78 Å². The summed E-state index contributed by atoms with van der Waals surface area (Å²) in [4.78, 5) is 2.14. The largest absolute Gasteiger partial charge is 0.329 e. The Kier molecular flexibility index (Phi) is 4.60. The van der Waals surface area contributed by atoms with Crippen LogP contribution in [0.2, 0.25) is 0 Å². The second-order valence-corrected chi connectivity index (χ2v) is 4.78. The molecule has 0 amide bonds. The minimum absolute atomic E-state index is 0.153. The third-order valence-corrected chi connectivity index (χ3v) is 3.09. The second-order valence-electron chi connectivity index (χ2n) is 4.78. The zero-order valence-corrected chi connectivity index (χ0v) is 10.6. The van der Waals surface area contributed by atoms with Crippen LogP contribution in [0.1, 0.15) is 26.3 Å². The van der Waals surface area contributed by atoms with Crippen LogP contribution in [0.15, 0.2) is 18.2 Å². The fraction of sp³-hybridized carbons (Fsp3) is 0.538. The molecule has 0 saturated heterocycles. The van der Waals surface area contributed by atoms with E-state index in [1.54, 1.807) is 6.07 Å². The lowest BCUT2D eigenvalue weighted by molar-refractivity contribution is 0.125. The number of halogens is 2. The summed E-state index contributed by atoms with van der Waals surface area (Å²) >= 11 is 0. The Morgan fingerprint density at radius 1 is 1.24 bits per heavy atom. The summed E-state index contributed by atoms with van der Waals surface area (Å²) in [5.41, 5.74) is 6.32. The summed E-state index contributed by atoms with van der Waals surface area (Å²) in [6.45, 7) is 8.00. The Labute approximate surface area is 101 Å². The highest BCUT2D eigenvalue weighted by molar-refractivity contribution is 5.18. The predicted octanol–water partition coefficient (Wildman–Crippen LogP) is 2.52. The SMILES string of the molecule is CCN(Cc1ccc(F)c(F)c1)C(C)(C)CN. The van der Waals surface area contributed by atoms with Gasteiger partial charge in [-0.1, -0.05) is 13.0 Å². The zero-order valence-electron chi connectivity index (χ0n) is 10.6. The Morgan fingerprint density at radius 3 is 2.35 bits per heavy atom. The van der Waals surface area contributed by atoms with E-state index in [4.69, 9.17) is 5.73 Å². The molecule has 2 N–H and O–H groups in total. The van der Waals surface area contributed by atoms with Crippen molar-refractivity contribution in [2.45, 2.75) is 32.9 Å². The van der Waals surface area contributed by atoms with Crippen LogP contribution < -0.4 is 5.73 Å². The van der Waals surface area contributed by atoms with Gasteiger partial charge in [-0.3, -0.25) is 4.90 Å². The molecule has 0 unspecified atom stereocenters. The van der Waals surface area contributed by atoms with Crippen molar-refractivity contribution in [2.24, 2.45) is 5.73 Å². The number of nitrogens with two attached hydrogens (primary N) is 1. The summed E-state index contributed by atoms with van der Waals surface area (Å²) < 4.78 is 25.9. The first-order valence-electron chi connectivity index (χ1n) is 5.79. The average molecular weight is 242 g/mol. The lowest BCUT2D eigenvalue weighted by Gasteiger charge is -2.37. The lowest BCUT2D eigenvalue weighted by Crippen LogP contribution is -2.48. The van der Waals surface area contributed by atoms with Gasteiger partial charge in [0, 0.05) is 18.6 Å². The first-order valence-corrected chi connectivity index (χ1v) is 5.79. The Hall–Kier alpha value is -1.00. The van der Waals surface area contributed by atoms with E-state index >= 15 is 0 Å². The van der Waals surface area contributed by atoms with Crippen molar-refractivity contribution in [2.75, 3.05) is 13.1 Å². The smallest absolute Gasteiger partial charge is 0.159 e. The van der Waals surface area contributed by atoms with Crippen molar-refractivity contribution < 1.29 is 8.78 Å². The van der Waals surface area contributed by atoms with Gasteiger partial charge in [0.05, 0.1) is 0 Å². The highest BCUT2D eigenvalue weighted by Crippen LogP contribution is 2.17. The molecule has 96 valence electrons. The van der Waals surface area contributed by atoms with Crippen LogP contribution in [0.3, 0.4) is 0 Å². The van der Waals surface area contributed by atoms with Crippen LogP contribution in [0.4, 0.5) is 8.78 Å². The molecule has 0 bridgehead atoms. The molecule has 0 heterocycles. The van der Waals surface area contributed by atoms with Gasteiger partial charge in [-0.2, -0.15) is 0 Å². The molecule has 1 aromatic rings. The van der Waals surface area contributed by atoms with E-state index in [2.05, 4.69) is 4.90 Å². The summed E-state index contributed by atoms with van der Waals surface area (Å²) in [5, 5.41) is 0. The lowest BCUT2D eigenvalue weighted by atomic mass is 10.0. The molecule has 2 nitrogen and oxygen atoms in total. The van der Waals surface area contributed by atoms with Crippen LogP contribution in [-0.2, 0) is 6.54 Å². The third-order valence-electron chi connectivity index (χ3n) is 3.09. The van der Waals surface area contributed by atoms with Gasteiger partial charge >= 0.3 is 0 Å². The minimum Gasteiger partial charge on any atom is -0.329 e. The molecule has 0 fully saturated rings. The molecular weight excluding hydrogens is 222 g/mol. The van der Waals surface area contributed by atoms with E-state index < -0.39 is 11.6 Å². The Balaban J connectivity index is 2.84. The van der Waals surface area contributed by atoms with Gasteiger partial charge in [0.2, 0.25) is 0 Å². The molecule has 0 spiro atoms. The highest BCUT2D eigenvalue weighted by Gasteiger charge is 2.23. The molecule has 4 heteroatoms. The van der Waals surface area contributed by atoms with E-state index in [0.29, 0.717) is 13.1 Å². The molecule has 0 aliphatic rings. The molecule has 0 radical (unpaired) electrons. The maximum atomic E-state index is 13.1. The van der Waals surface area contributed by atoms with Gasteiger partial charge in [-0.15, -0.1) is 0 Å². The predicted molar refractivity (Wildman–Crippen MR) is 65.6 cm³/mol. The molecule has 0 aromatic heterocycles. The maximum absolute atomic E-state index is 13.1. The van der Waals surface area contributed by atoms with Crippen molar-refractivity contribution >= 4 is 0 Å². The molecule has 0 atom stereocenters. The second kappa shape index (κ2) is 5.56. The van der Waals surface area contributed by atoms with Crippen molar-refractivity contribution in [3.05, 3.63) is 35.4 Å². The molecule has 1 rings (SSSR count). The first kappa shape index (κ1) is 14.1. The van der Waals surface area contributed by atoms with Crippen molar-refractivity contribution in [1.29, 1.82) is 0 Å². The molecular formula is C13H20F2N2. The quantitative estimate of drug-likeness (QED) is 0.859. The van der Waals surface area contributed by atoms with Gasteiger partial charge < -0.3 is 5.73 Å². The van der Waals surface area contributed by atoms with Crippen LogP contribution in [0.5, 0.6) is 0 Å². The average Bonchev–Trinajstić information content (AvgIpc) is 2.30. The summed E-state index contributed by atoms with van der Waals surface area (Å²) in [7, 11) is 0. The van der Waals surface area contributed by atoms with Crippen LogP contribution in [0.25, 0.3) is 0 Å². The molecule has 0 saturated carbocycles. The van der Waals surface area contributed by atoms with Gasteiger partial charge in [-0.05, 0) is 38.1 Å². The monoisotopic (exact) mass is 242 g/mol. The topological polar surface area (TPSA) is 29.3 Å². The van der Waals surface area contributed by atoms with Gasteiger partial charge in [0.15, 0.2) is 11.6 Å². The number of nitrogens with zero attached hydrogens (tertiary/aromatic N) is 1. The number of hydrogen-bond acceptors (Lipinski definition) is 2. The number of rotatable bonds is 5. The molecule has 1 aromatic carbocycles. The number of benzene rings is 1. The Morgan fingerprint density at radius 2 is 1.88 bits per heavy atom. The first-order chi connectivity index (χ1) is 7.90. The van der Waals surface area contributed by atoms with Crippen LogP contribution >= 0.6 is 0 Å². The molecule has 0 aliphatic heterocycles. The van der Waals surface area contributed by atoms with E-state index in [1.165, 1.54) is 6.07 Å². The fourth-order valence-electron chi connectivity index (χ4n) is 1.74. The van der Waals surface area contributed by atoms with Crippen molar-refractivity contribution in [3.63, 3.8) is 0 Å². The molecule has 17 heavy (non-hydrogen) atoms. The summed E-state index contributed by atoms with van der Waals surface area (Å²) in [5.74, 6) is -1.61. The fourth-order valence-corrected chi connectivity index (χ4v) is 1.74. The van der Waals surface area contributed by atoms with Crippen LogP contribution in [0, 0.1) is 11.6 Å². The normalized spacial score (nSPS) is 12.2. The van der Waals surface area contributed by atoms with E-state index in [9.17, 15) is 8.78 Å². The van der Waals surface area contributed by atoms with E-state index in [1.807, 2.05) is 20.8 Å². The number of likely N-dealkylation sites (N-methyl/N-ethyl adjacent to an activating group) is 1. The van der Waals surface area contributed by atoms with Crippen LogP contribution in [-0.4, -0.2) is 23.5 Å². The molecule has 0 aliphatic carbocycles.